The Balaban J connectivity index is 1.99. The van der Waals surface area contributed by atoms with Crippen LogP contribution >= 0.6 is 0 Å². The number of benzene rings is 1. The second kappa shape index (κ2) is 5.52. The first-order valence-corrected chi connectivity index (χ1v) is 6.07. The van der Waals surface area contributed by atoms with Crippen LogP contribution in [0.25, 0.3) is 0 Å². The third-order valence-electron chi connectivity index (χ3n) is 3.13. The van der Waals surface area contributed by atoms with Gasteiger partial charge in [0.2, 0.25) is 0 Å². The molecule has 1 unspecified atom stereocenters. The molecule has 1 fully saturated rings. The third kappa shape index (κ3) is 3.64. The Morgan fingerprint density at radius 3 is 2.63 bits per heavy atom. The van der Waals surface area contributed by atoms with Crippen LogP contribution in [0, 0.1) is 0 Å². The maximum atomic E-state index is 12.0. The number of hydrogen-bond acceptors (Lipinski definition) is 3. The Labute approximate surface area is 110 Å². The molecule has 6 heteroatoms. The van der Waals surface area contributed by atoms with E-state index in [0.29, 0.717) is 5.56 Å². The largest absolute Gasteiger partial charge is 0.435 e. The van der Waals surface area contributed by atoms with E-state index >= 15 is 0 Å². The molecule has 2 N–H and O–H groups in total. The van der Waals surface area contributed by atoms with Gasteiger partial charge in [-0.05, 0) is 44.2 Å². The van der Waals surface area contributed by atoms with Crippen molar-refractivity contribution in [3.63, 3.8) is 0 Å². The minimum atomic E-state index is -2.86. The Kier molecular flexibility index (Phi) is 3.99. The van der Waals surface area contributed by atoms with Crippen molar-refractivity contribution in [1.82, 2.24) is 10.6 Å². The van der Waals surface area contributed by atoms with E-state index in [-0.39, 0.29) is 17.2 Å². The number of alkyl halides is 2. The lowest BCUT2D eigenvalue weighted by Gasteiger charge is -2.24. The highest BCUT2D eigenvalue weighted by molar-refractivity contribution is 5.94. The van der Waals surface area contributed by atoms with E-state index in [9.17, 15) is 13.6 Å². The summed E-state index contributed by atoms with van der Waals surface area (Å²) in [5.41, 5.74) is 0.171. The molecular weight excluding hydrogens is 254 g/mol. The average molecular weight is 270 g/mol. The number of hydrogen-bond donors (Lipinski definition) is 2. The molecule has 104 valence electrons. The first-order chi connectivity index (χ1) is 8.98. The molecule has 1 heterocycles. The summed E-state index contributed by atoms with van der Waals surface area (Å²) in [7, 11) is 0. The van der Waals surface area contributed by atoms with Gasteiger partial charge < -0.3 is 15.4 Å². The number of amides is 1. The topological polar surface area (TPSA) is 50.4 Å². The molecule has 4 nitrogen and oxygen atoms in total. The normalized spacial score (nSPS) is 22.5. The molecule has 0 aromatic heterocycles. The van der Waals surface area contributed by atoms with Gasteiger partial charge >= 0.3 is 6.61 Å². The van der Waals surface area contributed by atoms with Crippen LogP contribution in [0.3, 0.4) is 0 Å². The molecule has 0 aliphatic carbocycles. The summed E-state index contributed by atoms with van der Waals surface area (Å²) in [4.78, 5) is 12.0. The minimum absolute atomic E-state index is 0.0419. The quantitative estimate of drug-likeness (QED) is 0.876. The van der Waals surface area contributed by atoms with Crippen molar-refractivity contribution >= 4 is 5.91 Å². The van der Waals surface area contributed by atoms with Crippen LogP contribution in [-0.4, -0.2) is 31.1 Å². The summed E-state index contributed by atoms with van der Waals surface area (Å²) in [6.07, 6.45) is 0.866. The van der Waals surface area contributed by atoms with Crippen molar-refractivity contribution in [1.29, 1.82) is 0 Å². The van der Waals surface area contributed by atoms with Crippen LogP contribution in [0.2, 0.25) is 0 Å². The van der Waals surface area contributed by atoms with Crippen molar-refractivity contribution in [3.05, 3.63) is 29.8 Å². The zero-order chi connectivity index (χ0) is 13.9. The number of halogens is 2. The molecule has 1 aromatic carbocycles. The van der Waals surface area contributed by atoms with E-state index in [1.165, 1.54) is 24.3 Å². The van der Waals surface area contributed by atoms with Gasteiger partial charge in [0.15, 0.2) is 0 Å². The summed E-state index contributed by atoms with van der Waals surface area (Å²) in [6.45, 7) is 0.714. The molecule has 1 aliphatic heterocycles. The van der Waals surface area contributed by atoms with E-state index in [4.69, 9.17) is 0 Å². The molecule has 0 bridgehead atoms. The van der Waals surface area contributed by atoms with Gasteiger partial charge in [0.25, 0.3) is 5.91 Å². The van der Waals surface area contributed by atoms with Gasteiger partial charge in [-0.25, -0.2) is 0 Å². The van der Waals surface area contributed by atoms with Gasteiger partial charge in [0.1, 0.15) is 5.75 Å². The zero-order valence-electron chi connectivity index (χ0n) is 10.6. The molecule has 1 aromatic rings. The van der Waals surface area contributed by atoms with Crippen LogP contribution in [0.4, 0.5) is 8.78 Å². The second-order valence-corrected chi connectivity index (χ2v) is 4.84. The van der Waals surface area contributed by atoms with Crippen molar-refractivity contribution in [2.45, 2.75) is 25.5 Å². The first-order valence-electron chi connectivity index (χ1n) is 6.07. The lowest BCUT2D eigenvalue weighted by molar-refractivity contribution is -0.0498. The molecule has 19 heavy (non-hydrogen) atoms. The van der Waals surface area contributed by atoms with Gasteiger partial charge in [-0.2, -0.15) is 8.78 Å². The molecule has 1 aliphatic rings. The van der Waals surface area contributed by atoms with Gasteiger partial charge in [-0.1, -0.05) is 0 Å². The van der Waals surface area contributed by atoms with Crippen molar-refractivity contribution in [2.75, 3.05) is 13.1 Å². The van der Waals surface area contributed by atoms with E-state index in [1.807, 2.05) is 6.92 Å². The Hall–Kier alpha value is -1.69. The van der Waals surface area contributed by atoms with Crippen molar-refractivity contribution in [3.8, 4) is 5.75 Å². The van der Waals surface area contributed by atoms with E-state index < -0.39 is 6.61 Å². The Morgan fingerprint density at radius 2 is 2.11 bits per heavy atom. The van der Waals surface area contributed by atoms with Crippen LogP contribution < -0.4 is 15.4 Å². The molecule has 1 saturated heterocycles. The van der Waals surface area contributed by atoms with Crippen LogP contribution in [0.15, 0.2) is 24.3 Å². The number of carbonyl (C=O) groups is 1. The monoisotopic (exact) mass is 270 g/mol. The lowest BCUT2D eigenvalue weighted by atomic mass is 10.0. The molecule has 1 amide bonds. The predicted octanol–water partition coefficient (Wildman–Crippen LogP) is 1.77. The van der Waals surface area contributed by atoms with Crippen molar-refractivity contribution in [2.24, 2.45) is 0 Å². The molecule has 0 radical (unpaired) electrons. The number of rotatable bonds is 4. The molecule has 2 rings (SSSR count). The maximum Gasteiger partial charge on any atom is 0.387 e. The van der Waals surface area contributed by atoms with Gasteiger partial charge in [-0.15, -0.1) is 0 Å². The summed E-state index contributed by atoms with van der Waals surface area (Å²) in [6, 6.07) is 5.66. The highest BCUT2D eigenvalue weighted by Crippen LogP contribution is 2.17. The Bertz CT molecular complexity index is 442. The smallest absolute Gasteiger partial charge is 0.387 e. The summed E-state index contributed by atoms with van der Waals surface area (Å²) < 4.78 is 28.2. The maximum absolute atomic E-state index is 12.0. The minimum Gasteiger partial charge on any atom is -0.435 e. The summed E-state index contributed by atoms with van der Waals surface area (Å²) in [5, 5.41) is 6.12. The van der Waals surface area contributed by atoms with E-state index in [0.717, 1.165) is 19.5 Å². The third-order valence-corrected chi connectivity index (χ3v) is 3.13. The second-order valence-electron chi connectivity index (χ2n) is 4.84. The van der Waals surface area contributed by atoms with E-state index in [2.05, 4.69) is 15.4 Å². The van der Waals surface area contributed by atoms with E-state index in [1.54, 1.807) is 0 Å². The molecule has 0 saturated carbocycles. The number of nitrogens with one attached hydrogen (secondary N) is 2. The molecule has 1 atom stereocenters. The zero-order valence-corrected chi connectivity index (χ0v) is 10.6. The highest BCUT2D eigenvalue weighted by Gasteiger charge is 2.30. The molecular formula is C13H16F2N2O2. The summed E-state index contributed by atoms with van der Waals surface area (Å²) in [5.74, 6) is -0.171. The highest BCUT2D eigenvalue weighted by atomic mass is 19.3. The molecule has 0 spiro atoms. The number of ether oxygens (including phenoxy) is 1. The van der Waals surface area contributed by atoms with Crippen LogP contribution in [0.1, 0.15) is 23.7 Å². The van der Waals surface area contributed by atoms with Crippen LogP contribution in [-0.2, 0) is 0 Å². The lowest BCUT2D eigenvalue weighted by Crippen LogP contribution is -2.47. The van der Waals surface area contributed by atoms with Crippen LogP contribution in [0.5, 0.6) is 5.75 Å². The van der Waals surface area contributed by atoms with Gasteiger partial charge in [0, 0.05) is 12.1 Å². The fourth-order valence-corrected chi connectivity index (χ4v) is 2.06. The first kappa shape index (κ1) is 13.7. The fraction of sp³-hybridized carbons (Fsp3) is 0.462. The van der Waals surface area contributed by atoms with Gasteiger partial charge in [-0.3, -0.25) is 4.79 Å². The SMILES string of the molecule is CC1(NC(=O)c2ccc(OC(F)F)cc2)CCNC1. The standard InChI is InChI=1S/C13H16F2N2O2/c1-13(6-7-16-8-13)17-11(18)9-2-4-10(5-3-9)19-12(14)15/h2-5,12,16H,6-8H2,1H3,(H,17,18). The fourth-order valence-electron chi connectivity index (χ4n) is 2.06. The van der Waals surface area contributed by atoms with Gasteiger partial charge in [0.05, 0.1) is 5.54 Å². The summed E-state index contributed by atoms with van der Waals surface area (Å²) >= 11 is 0. The Morgan fingerprint density at radius 1 is 1.42 bits per heavy atom. The van der Waals surface area contributed by atoms with Crippen molar-refractivity contribution < 1.29 is 18.3 Å². The predicted molar refractivity (Wildman–Crippen MR) is 66.4 cm³/mol. The number of carbonyl (C=O) groups excluding carboxylic acids is 1. The average Bonchev–Trinajstić information content (AvgIpc) is 2.75.